The number of amides is 1. The van der Waals surface area contributed by atoms with Crippen LogP contribution in [0.15, 0.2) is 24.3 Å². The van der Waals surface area contributed by atoms with Crippen LogP contribution in [0.4, 0.5) is 13.2 Å². The Morgan fingerprint density at radius 3 is 2.68 bits per heavy atom. The summed E-state index contributed by atoms with van der Waals surface area (Å²) in [5.41, 5.74) is -0.224. The van der Waals surface area contributed by atoms with E-state index in [1.807, 2.05) is 0 Å². The Labute approximate surface area is 128 Å². The molecule has 1 aliphatic heterocycles. The van der Waals surface area contributed by atoms with Gasteiger partial charge in [-0.1, -0.05) is 12.1 Å². The summed E-state index contributed by atoms with van der Waals surface area (Å²) in [7, 11) is 0. The van der Waals surface area contributed by atoms with Gasteiger partial charge in [-0.15, -0.1) is 0 Å². The number of carbonyl (C=O) groups excluding carboxylic acids is 1. The molecule has 0 saturated carbocycles. The summed E-state index contributed by atoms with van der Waals surface area (Å²) in [6.45, 7) is 3.54. The minimum Gasteiger partial charge on any atom is -0.350 e. The Balaban J connectivity index is 1.93. The number of halogens is 3. The van der Waals surface area contributed by atoms with Gasteiger partial charge >= 0.3 is 6.18 Å². The molecule has 122 valence electrons. The van der Waals surface area contributed by atoms with E-state index in [1.54, 1.807) is 13.0 Å². The molecule has 2 rings (SSSR count). The van der Waals surface area contributed by atoms with E-state index in [4.69, 9.17) is 0 Å². The number of hydrogen-bond donors (Lipinski definition) is 2. The molecular weight excluding hydrogens is 293 g/mol. The molecule has 1 fully saturated rings. The molecule has 0 aromatic heterocycles. The number of rotatable bonds is 4. The second kappa shape index (κ2) is 7.13. The van der Waals surface area contributed by atoms with Crippen LogP contribution in [-0.4, -0.2) is 19.0 Å². The van der Waals surface area contributed by atoms with Crippen LogP contribution < -0.4 is 10.6 Å². The van der Waals surface area contributed by atoms with E-state index in [0.717, 1.165) is 38.1 Å². The van der Waals surface area contributed by atoms with Crippen LogP contribution in [0.3, 0.4) is 0 Å². The normalized spacial score (nSPS) is 18.0. The molecule has 0 aliphatic carbocycles. The fourth-order valence-corrected chi connectivity index (χ4v) is 2.72. The zero-order valence-electron chi connectivity index (χ0n) is 12.5. The van der Waals surface area contributed by atoms with Crippen molar-refractivity contribution in [1.82, 2.24) is 10.6 Å². The van der Waals surface area contributed by atoms with Gasteiger partial charge < -0.3 is 10.6 Å². The average molecular weight is 314 g/mol. The Morgan fingerprint density at radius 2 is 2.05 bits per heavy atom. The minimum absolute atomic E-state index is 0.100. The van der Waals surface area contributed by atoms with Gasteiger partial charge in [0.2, 0.25) is 5.91 Å². The predicted molar refractivity (Wildman–Crippen MR) is 78.2 cm³/mol. The summed E-state index contributed by atoms with van der Waals surface area (Å²) in [4.78, 5) is 12.0. The van der Waals surface area contributed by atoms with Crippen molar-refractivity contribution in [2.45, 2.75) is 38.4 Å². The van der Waals surface area contributed by atoms with Gasteiger partial charge in [0.05, 0.1) is 11.6 Å². The molecule has 0 radical (unpaired) electrons. The van der Waals surface area contributed by atoms with Gasteiger partial charge in [0.25, 0.3) is 0 Å². The van der Waals surface area contributed by atoms with Crippen molar-refractivity contribution in [3.63, 3.8) is 0 Å². The van der Waals surface area contributed by atoms with Crippen LogP contribution in [-0.2, 0) is 11.0 Å². The number of hydrogen-bond acceptors (Lipinski definition) is 2. The SMILES string of the molecule is CC(NC(=O)CC1CCNCC1)c1cccc(C(F)(F)F)c1. The first-order valence-corrected chi connectivity index (χ1v) is 7.53. The summed E-state index contributed by atoms with van der Waals surface area (Å²) >= 11 is 0. The molecule has 6 heteroatoms. The lowest BCUT2D eigenvalue weighted by atomic mass is 9.94. The highest BCUT2D eigenvalue weighted by atomic mass is 19.4. The van der Waals surface area contributed by atoms with Gasteiger partial charge in [-0.3, -0.25) is 4.79 Å². The van der Waals surface area contributed by atoms with Gasteiger partial charge in [0.15, 0.2) is 0 Å². The molecule has 1 heterocycles. The fourth-order valence-electron chi connectivity index (χ4n) is 2.72. The van der Waals surface area contributed by atoms with Crippen molar-refractivity contribution >= 4 is 5.91 Å². The lowest BCUT2D eigenvalue weighted by Gasteiger charge is -2.23. The monoisotopic (exact) mass is 314 g/mol. The highest BCUT2D eigenvalue weighted by Crippen LogP contribution is 2.30. The summed E-state index contributed by atoms with van der Waals surface area (Å²) in [6, 6.07) is 4.66. The molecule has 1 saturated heterocycles. The number of alkyl halides is 3. The highest BCUT2D eigenvalue weighted by molar-refractivity contribution is 5.76. The largest absolute Gasteiger partial charge is 0.416 e. The molecule has 0 spiro atoms. The molecule has 2 N–H and O–H groups in total. The second-order valence-corrected chi connectivity index (χ2v) is 5.81. The van der Waals surface area contributed by atoms with Crippen molar-refractivity contribution in [2.75, 3.05) is 13.1 Å². The summed E-state index contributed by atoms with van der Waals surface area (Å²) in [6.07, 6.45) is -2.00. The third-order valence-corrected chi connectivity index (χ3v) is 4.02. The smallest absolute Gasteiger partial charge is 0.350 e. The maximum Gasteiger partial charge on any atom is 0.416 e. The van der Waals surface area contributed by atoms with Crippen molar-refractivity contribution in [3.05, 3.63) is 35.4 Å². The Bertz CT molecular complexity index is 510. The van der Waals surface area contributed by atoms with E-state index in [2.05, 4.69) is 10.6 Å². The van der Waals surface area contributed by atoms with E-state index in [0.29, 0.717) is 17.9 Å². The van der Waals surface area contributed by atoms with E-state index >= 15 is 0 Å². The van der Waals surface area contributed by atoms with Gasteiger partial charge in [0.1, 0.15) is 0 Å². The molecule has 1 aliphatic rings. The Morgan fingerprint density at radius 1 is 1.36 bits per heavy atom. The van der Waals surface area contributed by atoms with Crippen LogP contribution in [0, 0.1) is 5.92 Å². The number of benzene rings is 1. The topological polar surface area (TPSA) is 41.1 Å². The maximum atomic E-state index is 12.7. The number of carbonyl (C=O) groups is 1. The second-order valence-electron chi connectivity index (χ2n) is 5.81. The number of nitrogens with one attached hydrogen (secondary N) is 2. The first-order valence-electron chi connectivity index (χ1n) is 7.53. The highest BCUT2D eigenvalue weighted by Gasteiger charge is 2.30. The standard InChI is InChI=1S/C16H21F3N2O/c1-11(13-3-2-4-14(10-13)16(17,18)19)21-15(22)9-12-5-7-20-8-6-12/h2-4,10-12,20H,5-9H2,1H3,(H,21,22). The zero-order chi connectivity index (χ0) is 16.2. The van der Waals surface area contributed by atoms with Gasteiger partial charge in [-0.25, -0.2) is 0 Å². The molecule has 0 bridgehead atoms. The Hall–Kier alpha value is -1.56. The third-order valence-electron chi connectivity index (χ3n) is 4.02. The molecule has 1 atom stereocenters. The predicted octanol–water partition coefficient (Wildman–Crippen LogP) is 3.27. The quantitative estimate of drug-likeness (QED) is 0.895. The zero-order valence-corrected chi connectivity index (χ0v) is 12.5. The van der Waals surface area contributed by atoms with E-state index in [1.165, 1.54) is 6.07 Å². The lowest BCUT2D eigenvalue weighted by molar-refractivity contribution is -0.137. The van der Waals surface area contributed by atoms with Crippen LogP contribution in [0.1, 0.15) is 43.4 Å². The molecule has 22 heavy (non-hydrogen) atoms. The lowest BCUT2D eigenvalue weighted by Crippen LogP contribution is -2.33. The first-order chi connectivity index (χ1) is 10.4. The molecular formula is C16H21F3N2O. The van der Waals surface area contributed by atoms with Crippen LogP contribution in [0.5, 0.6) is 0 Å². The fraction of sp³-hybridized carbons (Fsp3) is 0.562. The first kappa shape index (κ1) is 16.8. The van der Waals surface area contributed by atoms with Crippen molar-refractivity contribution in [2.24, 2.45) is 5.92 Å². The van der Waals surface area contributed by atoms with Gasteiger partial charge in [-0.05, 0) is 56.5 Å². The maximum absolute atomic E-state index is 12.7. The Kier molecular flexibility index (Phi) is 5.45. The summed E-state index contributed by atoms with van der Waals surface area (Å²) in [5, 5.41) is 6.03. The molecule has 3 nitrogen and oxygen atoms in total. The summed E-state index contributed by atoms with van der Waals surface area (Å²) < 4.78 is 38.1. The van der Waals surface area contributed by atoms with Gasteiger partial charge in [0, 0.05) is 6.42 Å². The van der Waals surface area contributed by atoms with E-state index < -0.39 is 17.8 Å². The van der Waals surface area contributed by atoms with E-state index in [-0.39, 0.29) is 5.91 Å². The average Bonchev–Trinajstić information content (AvgIpc) is 2.47. The van der Waals surface area contributed by atoms with Gasteiger partial charge in [-0.2, -0.15) is 13.2 Å². The van der Waals surface area contributed by atoms with Crippen molar-refractivity contribution < 1.29 is 18.0 Å². The minimum atomic E-state index is -4.37. The van der Waals surface area contributed by atoms with Crippen molar-refractivity contribution in [1.29, 1.82) is 0 Å². The summed E-state index contributed by atoms with van der Waals surface area (Å²) in [5.74, 6) is 0.256. The number of piperidine rings is 1. The molecule has 1 aromatic rings. The van der Waals surface area contributed by atoms with Crippen LogP contribution >= 0.6 is 0 Å². The van der Waals surface area contributed by atoms with E-state index in [9.17, 15) is 18.0 Å². The third kappa shape index (κ3) is 4.73. The van der Waals surface area contributed by atoms with Crippen molar-refractivity contribution in [3.8, 4) is 0 Å². The molecule has 1 aromatic carbocycles. The van der Waals surface area contributed by atoms with Crippen LogP contribution in [0.2, 0.25) is 0 Å². The van der Waals surface area contributed by atoms with Crippen LogP contribution in [0.25, 0.3) is 0 Å². The molecule has 1 amide bonds. The molecule has 1 unspecified atom stereocenters.